The van der Waals surface area contributed by atoms with E-state index < -0.39 is 12.0 Å². The number of nitrogens with one attached hydrogen (secondary N) is 1. The van der Waals surface area contributed by atoms with Crippen molar-refractivity contribution in [1.29, 1.82) is 0 Å². The minimum Gasteiger partial charge on any atom is -0.325 e. The average molecular weight is 372 g/mol. The van der Waals surface area contributed by atoms with E-state index >= 15 is 0 Å². The van der Waals surface area contributed by atoms with Gasteiger partial charge in [-0.2, -0.15) is 13.2 Å². The van der Waals surface area contributed by atoms with Crippen molar-refractivity contribution < 1.29 is 18.0 Å². The van der Waals surface area contributed by atoms with Gasteiger partial charge in [0.05, 0.1) is 5.75 Å². The Hall–Kier alpha value is -2.03. The van der Waals surface area contributed by atoms with E-state index in [9.17, 15) is 18.0 Å². The van der Waals surface area contributed by atoms with Crippen molar-refractivity contribution in [3.63, 3.8) is 0 Å². The van der Waals surface area contributed by atoms with Crippen molar-refractivity contribution in [1.82, 2.24) is 14.8 Å². The molecule has 136 valence electrons. The fraction of sp³-hybridized carbons (Fsp3) is 0.438. The van der Waals surface area contributed by atoms with Gasteiger partial charge in [-0.15, -0.1) is 10.2 Å². The molecular weight excluding hydrogens is 353 g/mol. The third kappa shape index (κ3) is 5.48. The molecule has 1 N–H and O–H groups in total. The van der Waals surface area contributed by atoms with Crippen molar-refractivity contribution in [3.05, 3.63) is 35.7 Å². The van der Waals surface area contributed by atoms with Crippen molar-refractivity contribution in [2.45, 2.75) is 37.5 Å². The first-order valence-electron chi connectivity index (χ1n) is 7.79. The zero-order valence-electron chi connectivity index (χ0n) is 13.9. The van der Waals surface area contributed by atoms with Crippen LogP contribution in [0.5, 0.6) is 0 Å². The lowest BCUT2D eigenvalue weighted by Gasteiger charge is -2.07. The summed E-state index contributed by atoms with van der Waals surface area (Å²) in [6.07, 6.45) is -1.34. The van der Waals surface area contributed by atoms with Crippen LogP contribution >= 0.6 is 11.8 Å². The van der Waals surface area contributed by atoms with Gasteiger partial charge in [-0.25, -0.2) is 0 Å². The highest BCUT2D eigenvalue weighted by molar-refractivity contribution is 7.99. The molecule has 5 nitrogen and oxygen atoms in total. The summed E-state index contributed by atoms with van der Waals surface area (Å²) in [7, 11) is 1.22. The highest BCUT2D eigenvalue weighted by atomic mass is 32.2. The molecule has 0 atom stereocenters. The Morgan fingerprint density at radius 1 is 1.24 bits per heavy atom. The summed E-state index contributed by atoms with van der Waals surface area (Å²) >= 11 is 0.903. The molecule has 1 heterocycles. The second-order valence-electron chi connectivity index (χ2n) is 5.50. The third-order valence-electron chi connectivity index (χ3n) is 3.48. The SMILES string of the molecule is CCCCc1ccc(NC(=O)CSc2nnc(C(F)(F)F)n2C)cc1. The summed E-state index contributed by atoms with van der Waals surface area (Å²) in [5, 5.41) is 9.35. The summed E-state index contributed by atoms with van der Waals surface area (Å²) < 4.78 is 38.8. The van der Waals surface area contributed by atoms with E-state index in [1.807, 2.05) is 24.3 Å². The fourth-order valence-corrected chi connectivity index (χ4v) is 2.86. The largest absolute Gasteiger partial charge is 0.451 e. The molecule has 0 unspecified atom stereocenters. The van der Waals surface area contributed by atoms with Gasteiger partial charge in [0.25, 0.3) is 0 Å². The Labute approximate surface area is 148 Å². The lowest BCUT2D eigenvalue weighted by molar-refractivity contribution is -0.147. The van der Waals surface area contributed by atoms with Crippen molar-refractivity contribution in [2.24, 2.45) is 7.05 Å². The second kappa shape index (κ2) is 8.37. The third-order valence-corrected chi connectivity index (χ3v) is 4.50. The molecule has 0 fully saturated rings. The molecule has 0 saturated heterocycles. The van der Waals surface area contributed by atoms with Gasteiger partial charge in [-0.3, -0.25) is 4.79 Å². The summed E-state index contributed by atoms with van der Waals surface area (Å²) in [5.74, 6) is -1.46. The van der Waals surface area contributed by atoms with Crippen LogP contribution < -0.4 is 5.32 Å². The minimum absolute atomic E-state index is 0.0392. The Morgan fingerprint density at radius 3 is 2.48 bits per heavy atom. The molecule has 0 aliphatic heterocycles. The zero-order valence-corrected chi connectivity index (χ0v) is 14.7. The number of carbonyl (C=O) groups excluding carboxylic acids is 1. The maximum absolute atomic E-state index is 12.6. The van der Waals surface area contributed by atoms with Crippen molar-refractivity contribution >= 4 is 23.4 Å². The molecule has 9 heteroatoms. The Kier molecular flexibility index (Phi) is 6.46. The summed E-state index contributed by atoms with van der Waals surface area (Å²) in [5.41, 5.74) is 1.85. The van der Waals surface area contributed by atoms with Gasteiger partial charge in [0.15, 0.2) is 5.16 Å². The number of rotatable bonds is 7. The van der Waals surface area contributed by atoms with Gasteiger partial charge in [0, 0.05) is 12.7 Å². The quantitative estimate of drug-likeness (QED) is 0.749. The number of halogens is 3. The zero-order chi connectivity index (χ0) is 18.4. The predicted molar refractivity (Wildman–Crippen MR) is 90.4 cm³/mol. The molecule has 0 bridgehead atoms. The number of nitrogens with zero attached hydrogens (tertiary/aromatic N) is 3. The van der Waals surface area contributed by atoms with Crippen LogP contribution in [0, 0.1) is 0 Å². The number of unbranched alkanes of at least 4 members (excludes halogenated alkanes) is 1. The molecule has 0 saturated carbocycles. The number of benzene rings is 1. The van der Waals surface area contributed by atoms with E-state index in [-0.39, 0.29) is 16.8 Å². The van der Waals surface area contributed by atoms with Gasteiger partial charge < -0.3 is 9.88 Å². The smallest absolute Gasteiger partial charge is 0.325 e. The number of amides is 1. The van der Waals surface area contributed by atoms with Crippen molar-refractivity contribution in [2.75, 3.05) is 11.1 Å². The van der Waals surface area contributed by atoms with Crippen molar-refractivity contribution in [3.8, 4) is 0 Å². The molecule has 2 aromatic rings. The van der Waals surface area contributed by atoms with Gasteiger partial charge >= 0.3 is 6.18 Å². The topological polar surface area (TPSA) is 59.8 Å². The number of anilines is 1. The van der Waals surface area contributed by atoms with Crippen LogP contribution in [0.15, 0.2) is 29.4 Å². The lowest BCUT2D eigenvalue weighted by atomic mass is 10.1. The van der Waals surface area contributed by atoms with Gasteiger partial charge in [0.2, 0.25) is 11.7 Å². The number of carbonyl (C=O) groups is 1. The molecular formula is C16H19F3N4OS. The molecule has 1 amide bonds. The molecule has 1 aromatic carbocycles. The first kappa shape index (κ1) is 19.3. The molecule has 1 aromatic heterocycles. The number of alkyl halides is 3. The first-order valence-corrected chi connectivity index (χ1v) is 8.78. The summed E-state index contributed by atoms with van der Waals surface area (Å²) in [6.45, 7) is 2.13. The van der Waals surface area contributed by atoms with Crippen LogP contribution in [-0.2, 0) is 24.4 Å². The van der Waals surface area contributed by atoms with E-state index in [4.69, 9.17) is 0 Å². The first-order chi connectivity index (χ1) is 11.8. The molecule has 0 aliphatic rings. The van der Waals surface area contributed by atoms with Crippen LogP contribution in [0.4, 0.5) is 18.9 Å². The number of thioether (sulfide) groups is 1. The molecule has 0 aliphatic carbocycles. The maximum Gasteiger partial charge on any atom is 0.451 e. The predicted octanol–water partition coefficient (Wildman–Crippen LogP) is 3.91. The Balaban J connectivity index is 1.88. The minimum atomic E-state index is -4.57. The highest BCUT2D eigenvalue weighted by Crippen LogP contribution is 2.29. The second-order valence-corrected chi connectivity index (χ2v) is 6.44. The molecule has 0 radical (unpaired) electrons. The standard InChI is InChI=1S/C16H19F3N4OS/c1-3-4-5-11-6-8-12(9-7-11)20-13(24)10-25-15-22-21-14(23(15)2)16(17,18)19/h6-9H,3-5,10H2,1-2H3,(H,20,24). The monoisotopic (exact) mass is 372 g/mol. The lowest BCUT2D eigenvalue weighted by Crippen LogP contribution is -2.15. The van der Waals surface area contributed by atoms with E-state index in [0.717, 1.165) is 35.6 Å². The fourth-order valence-electron chi connectivity index (χ4n) is 2.15. The van der Waals surface area contributed by atoms with Crippen LogP contribution in [0.1, 0.15) is 31.2 Å². The normalized spacial score (nSPS) is 11.6. The molecule has 2 rings (SSSR count). The number of hydrogen-bond acceptors (Lipinski definition) is 4. The van der Waals surface area contributed by atoms with Crippen LogP contribution in [0.3, 0.4) is 0 Å². The Morgan fingerprint density at radius 2 is 1.92 bits per heavy atom. The number of aryl methyl sites for hydroxylation is 1. The van der Waals surface area contributed by atoms with Crippen LogP contribution in [-0.4, -0.2) is 26.4 Å². The van der Waals surface area contributed by atoms with E-state index in [0.29, 0.717) is 5.69 Å². The van der Waals surface area contributed by atoms with E-state index in [2.05, 4.69) is 22.4 Å². The highest BCUT2D eigenvalue weighted by Gasteiger charge is 2.37. The maximum atomic E-state index is 12.6. The van der Waals surface area contributed by atoms with Crippen LogP contribution in [0.2, 0.25) is 0 Å². The van der Waals surface area contributed by atoms with Gasteiger partial charge in [-0.05, 0) is 30.5 Å². The molecule has 0 spiro atoms. The van der Waals surface area contributed by atoms with E-state index in [1.165, 1.54) is 12.6 Å². The van der Waals surface area contributed by atoms with Crippen LogP contribution in [0.25, 0.3) is 0 Å². The number of aromatic nitrogens is 3. The average Bonchev–Trinajstić information content (AvgIpc) is 2.93. The van der Waals surface area contributed by atoms with E-state index in [1.54, 1.807) is 0 Å². The molecule has 25 heavy (non-hydrogen) atoms. The van der Waals surface area contributed by atoms with Gasteiger partial charge in [-0.1, -0.05) is 37.2 Å². The summed E-state index contributed by atoms with van der Waals surface area (Å²) in [6, 6.07) is 7.54. The number of hydrogen-bond donors (Lipinski definition) is 1. The Bertz CT molecular complexity index is 713. The van der Waals surface area contributed by atoms with Gasteiger partial charge in [0.1, 0.15) is 0 Å². The summed E-state index contributed by atoms with van der Waals surface area (Å²) in [4.78, 5) is 11.9.